The number of carbonyl (C=O) groups excluding carboxylic acids is 1. The summed E-state index contributed by atoms with van der Waals surface area (Å²) >= 11 is 12.3. The molecule has 3 aromatic rings. The van der Waals surface area contributed by atoms with Crippen LogP contribution in [0.4, 0.5) is 0 Å². The summed E-state index contributed by atoms with van der Waals surface area (Å²) < 4.78 is 2.14. The molecule has 0 saturated carbocycles. The Labute approximate surface area is 176 Å². The molecule has 0 bridgehead atoms. The fourth-order valence-corrected chi connectivity index (χ4v) is 3.46. The number of amides is 1. The Hall–Kier alpha value is -2.23. The summed E-state index contributed by atoms with van der Waals surface area (Å²) in [6.07, 6.45) is 2.91. The number of benzene rings is 2. The van der Waals surface area contributed by atoms with Crippen molar-refractivity contribution in [3.05, 3.63) is 93.7 Å². The number of aromatic nitrogens is 1. The fraction of sp³-hybridized carbons (Fsp3) is 0.261. The van der Waals surface area contributed by atoms with Crippen LogP contribution in [0.15, 0.2) is 66.9 Å². The van der Waals surface area contributed by atoms with Crippen LogP contribution in [0, 0.1) is 0 Å². The first kappa shape index (κ1) is 20.5. The van der Waals surface area contributed by atoms with Crippen molar-refractivity contribution in [3.63, 3.8) is 0 Å². The van der Waals surface area contributed by atoms with Crippen molar-refractivity contribution in [1.29, 1.82) is 0 Å². The van der Waals surface area contributed by atoms with Gasteiger partial charge in [0.15, 0.2) is 0 Å². The van der Waals surface area contributed by atoms with Gasteiger partial charge in [-0.2, -0.15) is 0 Å². The molecule has 0 radical (unpaired) electrons. The maximum atomic E-state index is 13.2. The average Bonchev–Trinajstić information content (AvgIpc) is 3.14. The Morgan fingerprint density at radius 3 is 2.43 bits per heavy atom. The summed E-state index contributed by atoms with van der Waals surface area (Å²) in [4.78, 5) is 15.1. The van der Waals surface area contributed by atoms with Crippen molar-refractivity contribution in [3.8, 4) is 0 Å². The topological polar surface area (TPSA) is 25.2 Å². The Morgan fingerprint density at radius 2 is 1.75 bits per heavy atom. The number of halogens is 2. The molecule has 3 rings (SSSR count). The van der Waals surface area contributed by atoms with Crippen LogP contribution in [0.25, 0.3) is 0 Å². The van der Waals surface area contributed by atoms with Gasteiger partial charge < -0.3 is 9.47 Å². The van der Waals surface area contributed by atoms with E-state index < -0.39 is 0 Å². The molecule has 1 amide bonds. The number of hydrogen-bond donors (Lipinski definition) is 0. The zero-order valence-corrected chi connectivity index (χ0v) is 17.6. The Morgan fingerprint density at radius 1 is 1.04 bits per heavy atom. The van der Waals surface area contributed by atoms with Crippen molar-refractivity contribution in [2.75, 3.05) is 0 Å². The minimum Gasteiger partial charge on any atom is -0.345 e. The van der Waals surface area contributed by atoms with Gasteiger partial charge in [0.25, 0.3) is 5.91 Å². The molecule has 146 valence electrons. The zero-order valence-electron chi connectivity index (χ0n) is 16.1. The lowest BCUT2D eigenvalue weighted by atomic mass is 10.1. The number of carbonyl (C=O) groups is 1. The standard InChI is InChI=1S/C23H24Cl2N2O/c1-3-17(2)27(23(28)18-10-12-20(24)13-11-18)16-21-8-6-14-26(21)15-19-7-4-5-9-22(19)25/h4-14,17H,3,15-16H2,1-2H3/t17-/m1/s1. The third-order valence-electron chi connectivity index (χ3n) is 5.03. The van der Waals surface area contributed by atoms with Gasteiger partial charge in [-0.25, -0.2) is 0 Å². The van der Waals surface area contributed by atoms with Gasteiger partial charge in [0.1, 0.15) is 0 Å². The molecule has 1 heterocycles. The van der Waals surface area contributed by atoms with E-state index in [2.05, 4.69) is 24.5 Å². The third-order valence-corrected chi connectivity index (χ3v) is 5.65. The SMILES string of the molecule is CC[C@@H](C)N(Cc1cccn1Cc1ccccc1Cl)C(=O)c1ccc(Cl)cc1. The predicted octanol–water partition coefficient (Wildman–Crippen LogP) is 6.28. The highest BCUT2D eigenvalue weighted by Gasteiger charge is 2.22. The second kappa shape index (κ2) is 9.31. The zero-order chi connectivity index (χ0) is 20.1. The molecule has 0 aliphatic heterocycles. The van der Waals surface area contributed by atoms with Crippen LogP contribution < -0.4 is 0 Å². The van der Waals surface area contributed by atoms with Crippen LogP contribution in [0.3, 0.4) is 0 Å². The number of rotatable bonds is 7. The monoisotopic (exact) mass is 414 g/mol. The van der Waals surface area contributed by atoms with Crippen molar-refractivity contribution in [2.45, 2.75) is 39.4 Å². The lowest BCUT2D eigenvalue weighted by Gasteiger charge is -2.29. The van der Waals surface area contributed by atoms with Gasteiger partial charge in [0.2, 0.25) is 0 Å². The lowest BCUT2D eigenvalue weighted by Crippen LogP contribution is -2.38. The van der Waals surface area contributed by atoms with Crippen LogP contribution in [0.5, 0.6) is 0 Å². The van der Waals surface area contributed by atoms with E-state index in [9.17, 15) is 4.79 Å². The Bertz CT molecular complexity index is 934. The molecule has 3 nitrogen and oxygen atoms in total. The minimum atomic E-state index is 0.0107. The van der Waals surface area contributed by atoms with Crippen LogP contribution >= 0.6 is 23.2 Å². The van der Waals surface area contributed by atoms with E-state index in [1.165, 1.54) is 0 Å². The van der Waals surface area contributed by atoms with Gasteiger partial charge in [0, 0.05) is 40.1 Å². The molecular weight excluding hydrogens is 391 g/mol. The number of nitrogens with zero attached hydrogens (tertiary/aromatic N) is 2. The Balaban J connectivity index is 1.84. The Kier molecular flexibility index (Phi) is 6.82. The van der Waals surface area contributed by atoms with Crippen molar-refractivity contribution >= 4 is 29.1 Å². The maximum absolute atomic E-state index is 13.2. The molecule has 0 unspecified atom stereocenters. The molecule has 5 heteroatoms. The summed E-state index contributed by atoms with van der Waals surface area (Å²) in [5.74, 6) is 0.0107. The van der Waals surface area contributed by atoms with E-state index in [0.29, 0.717) is 23.7 Å². The quantitative estimate of drug-likeness (QED) is 0.446. The molecule has 0 aliphatic rings. The summed E-state index contributed by atoms with van der Waals surface area (Å²) in [5.41, 5.74) is 2.78. The summed E-state index contributed by atoms with van der Waals surface area (Å²) in [7, 11) is 0. The molecule has 28 heavy (non-hydrogen) atoms. The minimum absolute atomic E-state index is 0.0107. The molecule has 2 aromatic carbocycles. The van der Waals surface area contributed by atoms with E-state index in [-0.39, 0.29) is 11.9 Å². The largest absolute Gasteiger partial charge is 0.345 e. The highest BCUT2D eigenvalue weighted by atomic mass is 35.5. The van der Waals surface area contributed by atoms with Crippen LogP contribution in [-0.2, 0) is 13.1 Å². The molecular formula is C23H24Cl2N2O. The molecule has 0 aliphatic carbocycles. The van der Waals surface area contributed by atoms with Crippen LogP contribution in [0.2, 0.25) is 10.0 Å². The smallest absolute Gasteiger partial charge is 0.254 e. The molecule has 0 saturated heterocycles. The summed E-state index contributed by atoms with van der Waals surface area (Å²) in [6.45, 7) is 5.38. The van der Waals surface area contributed by atoms with E-state index in [1.54, 1.807) is 24.3 Å². The lowest BCUT2D eigenvalue weighted by molar-refractivity contribution is 0.0667. The molecule has 0 N–H and O–H groups in total. The van der Waals surface area contributed by atoms with Gasteiger partial charge in [-0.3, -0.25) is 4.79 Å². The third kappa shape index (κ3) is 4.78. The van der Waals surface area contributed by atoms with Crippen molar-refractivity contribution in [2.24, 2.45) is 0 Å². The van der Waals surface area contributed by atoms with E-state index in [4.69, 9.17) is 23.2 Å². The predicted molar refractivity (Wildman–Crippen MR) is 116 cm³/mol. The van der Waals surface area contributed by atoms with Crippen molar-refractivity contribution in [1.82, 2.24) is 9.47 Å². The summed E-state index contributed by atoms with van der Waals surface area (Å²) in [6, 6.07) is 19.1. The molecule has 0 fully saturated rings. The first-order valence-corrected chi connectivity index (χ1v) is 10.2. The van der Waals surface area contributed by atoms with Crippen molar-refractivity contribution < 1.29 is 4.79 Å². The van der Waals surface area contributed by atoms with Crippen LogP contribution in [0.1, 0.15) is 41.9 Å². The van der Waals surface area contributed by atoms with Gasteiger partial charge in [-0.1, -0.05) is 48.3 Å². The molecule has 1 atom stereocenters. The normalized spacial score (nSPS) is 12.0. The molecule has 1 aromatic heterocycles. The second-order valence-corrected chi connectivity index (χ2v) is 7.76. The van der Waals surface area contributed by atoms with Gasteiger partial charge in [-0.15, -0.1) is 0 Å². The highest BCUT2D eigenvalue weighted by Crippen LogP contribution is 2.20. The van der Waals surface area contributed by atoms with Gasteiger partial charge in [-0.05, 0) is 61.4 Å². The van der Waals surface area contributed by atoms with E-state index >= 15 is 0 Å². The average molecular weight is 415 g/mol. The fourth-order valence-electron chi connectivity index (χ4n) is 3.14. The summed E-state index contributed by atoms with van der Waals surface area (Å²) in [5, 5.41) is 1.37. The first-order valence-electron chi connectivity index (χ1n) is 9.43. The van der Waals surface area contributed by atoms with Crippen LogP contribution in [-0.4, -0.2) is 21.4 Å². The van der Waals surface area contributed by atoms with Gasteiger partial charge >= 0.3 is 0 Å². The van der Waals surface area contributed by atoms with Gasteiger partial charge in [0.05, 0.1) is 6.54 Å². The molecule has 0 spiro atoms. The second-order valence-electron chi connectivity index (χ2n) is 6.92. The van der Waals surface area contributed by atoms with E-state index in [0.717, 1.165) is 22.7 Å². The first-order chi connectivity index (χ1) is 13.5. The number of hydrogen-bond acceptors (Lipinski definition) is 1. The maximum Gasteiger partial charge on any atom is 0.254 e. The highest BCUT2D eigenvalue weighted by molar-refractivity contribution is 6.31. The van der Waals surface area contributed by atoms with E-state index in [1.807, 2.05) is 41.4 Å².